The molecule has 4 aliphatic carbocycles. The molecule has 30 heavy (non-hydrogen) atoms. The van der Waals surface area contributed by atoms with Gasteiger partial charge in [-0.2, -0.15) is 0 Å². The zero-order chi connectivity index (χ0) is 22.3. The van der Waals surface area contributed by atoms with Crippen molar-refractivity contribution < 1.29 is 21.8 Å². The summed E-state index contributed by atoms with van der Waals surface area (Å²) in [6.07, 6.45) is 11.4. The molecule has 0 aromatic carbocycles. The lowest BCUT2D eigenvalue weighted by Crippen LogP contribution is -2.52. The van der Waals surface area contributed by atoms with Gasteiger partial charge >= 0.3 is 7.25 Å². The Kier molecular flexibility index (Phi) is 4.96. The van der Waals surface area contributed by atoms with Crippen molar-refractivity contribution >= 4 is 13.6 Å². The molecule has 4 fully saturated rings. The van der Waals surface area contributed by atoms with Crippen molar-refractivity contribution in [3.8, 4) is 0 Å². The topological polar surface area (TPSA) is 6.25 Å². The predicted octanol–water partition coefficient (Wildman–Crippen LogP) is 6.07. The summed E-state index contributed by atoms with van der Waals surface area (Å²) in [6.45, 7) is 17.9. The summed E-state index contributed by atoms with van der Waals surface area (Å²) in [4.78, 5) is 2.80. The summed E-state index contributed by atoms with van der Waals surface area (Å²) < 4.78 is 41.8. The Labute approximate surface area is 179 Å². The molecule has 4 bridgehead atoms. The van der Waals surface area contributed by atoms with Gasteiger partial charge in [0.15, 0.2) is 0 Å². The van der Waals surface area contributed by atoms with Crippen LogP contribution < -0.4 is 0 Å². The highest BCUT2D eigenvalue weighted by Gasteiger charge is 2.66. The van der Waals surface area contributed by atoms with Crippen LogP contribution in [-0.2, 0) is 0 Å². The zero-order valence-electron chi connectivity index (χ0n) is 19.5. The van der Waals surface area contributed by atoms with E-state index in [9.17, 15) is 17.3 Å². The fourth-order valence-corrected chi connectivity index (χ4v) is 9.14. The van der Waals surface area contributed by atoms with Gasteiger partial charge in [-0.05, 0) is 50.4 Å². The quantitative estimate of drug-likeness (QED) is 0.293. The first-order chi connectivity index (χ1) is 13.6. The van der Waals surface area contributed by atoms with Crippen LogP contribution in [0.2, 0.25) is 0 Å². The van der Waals surface area contributed by atoms with Crippen molar-refractivity contribution in [3.05, 3.63) is 0 Å². The molecule has 2 nitrogen and oxygen atoms in total. The van der Waals surface area contributed by atoms with Crippen molar-refractivity contribution in [2.45, 2.75) is 92.2 Å². The summed E-state index contributed by atoms with van der Waals surface area (Å²) in [5.41, 5.74) is 2.06. The molecule has 0 amide bonds. The van der Waals surface area contributed by atoms with Gasteiger partial charge < -0.3 is 17.3 Å². The summed E-state index contributed by atoms with van der Waals surface area (Å²) in [6, 6.07) is 1.50. The van der Waals surface area contributed by atoms with E-state index in [-0.39, 0.29) is 0 Å². The Balaban J connectivity index is 0.000000393. The maximum atomic E-state index is 9.75. The lowest BCUT2D eigenvalue weighted by Gasteiger charge is -2.43. The molecule has 0 radical (unpaired) electrons. The van der Waals surface area contributed by atoms with Crippen LogP contribution in [-0.4, -0.2) is 48.2 Å². The third-order valence-corrected chi connectivity index (χ3v) is 9.96. The summed E-state index contributed by atoms with van der Waals surface area (Å²) >= 11 is 0. The van der Waals surface area contributed by atoms with E-state index >= 15 is 0 Å². The van der Waals surface area contributed by atoms with Crippen LogP contribution in [0.3, 0.4) is 0 Å². The first-order valence-electron chi connectivity index (χ1n) is 11.8. The van der Waals surface area contributed by atoms with Crippen LogP contribution in [0.4, 0.5) is 17.3 Å². The molecule has 1 heterocycles. The molecule has 0 spiro atoms. The van der Waals surface area contributed by atoms with E-state index in [0.29, 0.717) is 21.7 Å². The van der Waals surface area contributed by atoms with E-state index in [2.05, 4.69) is 57.4 Å². The minimum absolute atomic E-state index is 0.480. The van der Waals surface area contributed by atoms with Gasteiger partial charge in [0.1, 0.15) is 25.2 Å². The predicted molar refractivity (Wildman–Crippen MR) is 114 cm³/mol. The van der Waals surface area contributed by atoms with Gasteiger partial charge in [-0.3, -0.25) is 9.48 Å². The van der Waals surface area contributed by atoms with Crippen molar-refractivity contribution in [1.82, 2.24) is 4.90 Å². The third kappa shape index (κ3) is 3.41. The lowest BCUT2D eigenvalue weighted by atomic mass is 9.68. The standard InChI is InChI=1S/C23H39N2.BF4/c1-20(2)16-7-9-22(5,13-16)18(20)24-11-12-25(15-24)19-21(3,4)17-8-10-23(19,6)14-17;2-1(3,4)5/h15-19H,7-14H2,1-6H3;/q+1;-1/t16-,17-,18-,19-,22+,23+;/m0./s1. The van der Waals surface area contributed by atoms with E-state index in [4.69, 9.17) is 0 Å². The van der Waals surface area contributed by atoms with E-state index in [1.165, 1.54) is 51.6 Å². The molecule has 5 aliphatic rings. The first kappa shape index (κ1) is 22.4. The second kappa shape index (κ2) is 6.63. The Morgan fingerprint density at radius 2 is 1.33 bits per heavy atom. The minimum Gasteiger partial charge on any atom is -0.418 e. The number of hydrogen-bond acceptors (Lipinski definition) is 1. The SMILES string of the molecule is CC1(C)[C@H]2CC[C@](C)(C2)[C@H]1N1C=[N+]([C@H]2C(C)(C)[C@H]3CC[C@]2(C)C3)CC1.F[B-](F)(F)F. The molecule has 7 heteroatoms. The fraction of sp³-hybridized carbons (Fsp3) is 0.957. The van der Waals surface area contributed by atoms with Crippen LogP contribution in [0.15, 0.2) is 0 Å². The Morgan fingerprint density at radius 3 is 1.80 bits per heavy atom. The van der Waals surface area contributed by atoms with Crippen molar-refractivity contribution in [3.63, 3.8) is 0 Å². The highest BCUT2D eigenvalue weighted by molar-refractivity contribution is 6.50. The van der Waals surface area contributed by atoms with Gasteiger partial charge in [-0.15, -0.1) is 0 Å². The summed E-state index contributed by atoms with van der Waals surface area (Å²) in [5, 5.41) is 0. The molecule has 172 valence electrons. The average molecular weight is 430 g/mol. The normalized spacial score (nSPS) is 45.5. The molecular formula is C23H39BF4N2. The van der Waals surface area contributed by atoms with Gasteiger partial charge in [-0.25, -0.2) is 0 Å². The Morgan fingerprint density at radius 1 is 0.833 bits per heavy atom. The molecule has 0 unspecified atom stereocenters. The molecule has 0 saturated heterocycles. The monoisotopic (exact) mass is 430 g/mol. The van der Waals surface area contributed by atoms with Gasteiger partial charge in [0.25, 0.3) is 0 Å². The number of rotatable bonds is 2. The van der Waals surface area contributed by atoms with Gasteiger partial charge in [-0.1, -0.05) is 41.5 Å². The second-order valence-corrected chi connectivity index (χ2v) is 12.7. The van der Waals surface area contributed by atoms with Crippen molar-refractivity contribution in [2.24, 2.45) is 33.5 Å². The maximum absolute atomic E-state index is 9.75. The maximum Gasteiger partial charge on any atom is 0.673 e. The van der Waals surface area contributed by atoms with E-state index in [1.807, 2.05) is 0 Å². The summed E-state index contributed by atoms with van der Waals surface area (Å²) in [7, 11) is -6.00. The largest absolute Gasteiger partial charge is 0.673 e. The molecule has 6 atom stereocenters. The number of nitrogens with zero attached hydrogens (tertiary/aromatic N) is 2. The highest BCUT2D eigenvalue weighted by Crippen LogP contribution is 2.65. The van der Waals surface area contributed by atoms with Crippen LogP contribution in [0.25, 0.3) is 0 Å². The molecule has 4 saturated carbocycles. The molecule has 0 aromatic rings. The van der Waals surface area contributed by atoms with Gasteiger partial charge in [0.05, 0.1) is 0 Å². The van der Waals surface area contributed by atoms with Gasteiger partial charge in [0, 0.05) is 21.7 Å². The van der Waals surface area contributed by atoms with E-state index in [1.54, 1.807) is 0 Å². The van der Waals surface area contributed by atoms with Crippen molar-refractivity contribution in [1.29, 1.82) is 0 Å². The Bertz CT molecular complexity index is 718. The molecular weight excluding hydrogens is 391 g/mol. The first-order valence-corrected chi connectivity index (χ1v) is 11.8. The number of hydrogen-bond donors (Lipinski definition) is 0. The number of halogens is 4. The fourth-order valence-electron chi connectivity index (χ4n) is 9.14. The minimum atomic E-state index is -6.00. The van der Waals surface area contributed by atoms with E-state index in [0.717, 1.165) is 23.9 Å². The molecule has 5 rings (SSSR count). The van der Waals surface area contributed by atoms with Crippen LogP contribution in [0.1, 0.15) is 80.1 Å². The third-order valence-electron chi connectivity index (χ3n) is 9.96. The van der Waals surface area contributed by atoms with Crippen LogP contribution >= 0.6 is 0 Å². The molecule has 1 aliphatic heterocycles. The van der Waals surface area contributed by atoms with E-state index < -0.39 is 7.25 Å². The zero-order valence-corrected chi connectivity index (χ0v) is 19.5. The average Bonchev–Trinajstić information content (AvgIpc) is 3.30. The van der Waals surface area contributed by atoms with Crippen molar-refractivity contribution in [2.75, 3.05) is 13.1 Å². The van der Waals surface area contributed by atoms with Crippen LogP contribution in [0, 0.1) is 33.5 Å². The number of fused-ring (bicyclic) bond motifs is 4. The molecule has 0 N–H and O–H groups in total. The van der Waals surface area contributed by atoms with Gasteiger partial charge in [0.2, 0.25) is 6.34 Å². The lowest BCUT2D eigenvalue weighted by molar-refractivity contribution is -0.585. The van der Waals surface area contributed by atoms with Crippen LogP contribution in [0.5, 0.6) is 0 Å². The Hall–Kier alpha value is -0.745. The smallest absolute Gasteiger partial charge is 0.418 e. The summed E-state index contributed by atoms with van der Waals surface area (Å²) in [5.74, 6) is 1.89. The second-order valence-electron chi connectivity index (χ2n) is 12.7. The highest BCUT2D eigenvalue weighted by atomic mass is 19.5. The molecule has 0 aromatic heterocycles.